The summed E-state index contributed by atoms with van der Waals surface area (Å²) in [5.74, 6) is 1.83. The van der Waals surface area contributed by atoms with Gasteiger partial charge in [-0.1, -0.05) is 17.8 Å². The quantitative estimate of drug-likeness (QED) is 0.762. The molecule has 1 aromatic carbocycles. The molecule has 106 valence electrons. The highest BCUT2D eigenvalue weighted by Gasteiger charge is 2.26. The molecule has 2 aromatic rings. The van der Waals surface area contributed by atoms with Crippen LogP contribution >= 0.6 is 23.5 Å². The molecule has 1 aliphatic rings. The second-order valence-corrected chi connectivity index (χ2v) is 6.52. The second kappa shape index (κ2) is 6.10. The summed E-state index contributed by atoms with van der Waals surface area (Å²) in [5, 5.41) is 9.24. The predicted molar refractivity (Wildman–Crippen MR) is 82.6 cm³/mol. The monoisotopic (exact) mass is 307 g/mol. The Balaban J connectivity index is 1.70. The molecule has 0 unspecified atom stereocenters. The number of nitrogens with zero attached hydrogens (tertiary/aromatic N) is 3. The first kappa shape index (κ1) is 13.8. The molecule has 0 radical (unpaired) electrons. The highest BCUT2D eigenvalue weighted by Crippen LogP contribution is 2.38. The average molecular weight is 307 g/mol. The van der Waals surface area contributed by atoms with E-state index in [0.29, 0.717) is 6.04 Å². The van der Waals surface area contributed by atoms with Crippen LogP contribution in [0.5, 0.6) is 5.75 Å². The fraction of sp³-hybridized carbons (Fsp3) is 0.429. The third-order valence-corrected chi connectivity index (χ3v) is 5.10. The van der Waals surface area contributed by atoms with Gasteiger partial charge in [0.05, 0.1) is 7.11 Å². The van der Waals surface area contributed by atoms with Gasteiger partial charge in [-0.2, -0.15) is 0 Å². The van der Waals surface area contributed by atoms with E-state index in [-0.39, 0.29) is 0 Å². The SMILES string of the molecule is COc1cc(CSc2nncn2C2CC2)ccc1SC. The molecule has 20 heavy (non-hydrogen) atoms. The van der Waals surface area contributed by atoms with Crippen LogP contribution in [-0.4, -0.2) is 28.1 Å². The van der Waals surface area contributed by atoms with Gasteiger partial charge in [-0.25, -0.2) is 0 Å². The van der Waals surface area contributed by atoms with Gasteiger partial charge in [-0.3, -0.25) is 0 Å². The van der Waals surface area contributed by atoms with Gasteiger partial charge in [0, 0.05) is 16.7 Å². The largest absolute Gasteiger partial charge is 0.496 e. The number of aromatic nitrogens is 3. The summed E-state index contributed by atoms with van der Waals surface area (Å²) in [6.07, 6.45) is 6.41. The lowest BCUT2D eigenvalue weighted by Gasteiger charge is -2.09. The van der Waals surface area contributed by atoms with Crippen LogP contribution in [0.3, 0.4) is 0 Å². The summed E-state index contributed by atoms with van der Waals surface area (Å²) in [4.78, 5) is 1.17. The van der Waals surface area contributed by atoms with E-state index in [1.807, 2.05) is 6.33 Å². The summed E-state index contributed by atoms with van der Waals surface area (Å²) < 4.78 is 7.62. The highest BCUT2D eigenvalue weighted by molar-refractivity contribution is 7.98. The van der Waals surface area contributed by atoms with Crippen LogP contribution in [0, 0.1) is 0 Å². The van der Waals surface area contributed by atoms with Crippen molar-refractivity contribution in [3.63, 3.8) is 0 Å². The Kier molecular flexibility index (Phi) is 4.21. The smallest absolute Gasteiger partial charge is 0.191 e. The van der Waals surface area contributed by atoms with Crippen molar-refractivity contribution < 1.29 is 4.74 Å². The summed E-state index contributed by atoms with van der Waals surface area (Å²) in [6, 6.07) is 7.00. The maximum atomic E-state index is 5.42. The van der Waals surface area contributed by atoms with E-state index in [2.05, 4.69) is 39.2 Å². The molecule has 1 heterocycles. The van der Waals surface area contributed by atoms with Gasteiger partial charge in [0.15, 0.2) is 5.16 Å². The summed E-state index contributed by atoms with van der Waals surface area (Å²) in [6.45, 7) is 0. The number of thioether (sulfide) groups is 2. The standard InChI is InChI=1S/C14H17N3OS2/c1-18-12-7-10(3-6-13(12)19-2)8-20-14-16-15-9-17(14)11-4-5-11/h3,6-7,9,11H,4-5,8H2,1-2H3. The Labute approximate surface area is 127 Å². The van der Waals surface area contributed by atoms with Crippen molar-refractivity contribution in [2.45, 2.75) is 34.7 Å². The molecule has 3 rings (SSSR count). The van der Waals surface area contributed by atoms with Gasteiger partial charge < -0.3 is 9.30 Å². The van der Waals surface area contributed by atoms with E-state index in [0.717, 1.165) is 16.7 Å². The summed E-state index contributed by atoms with van der Waals surface area (Å²) in [5.41, 5.74) is 1.25. The Bertz CT molecular complexity index is 596. The van der Waals surface area contributed by atoms with E-state index in [4.69, 9.17) is 4.74 Å². The molecule has 0 aliphatic heterocycles. The lowest BCUT2D eigenvalue weighted by atomic mass is 10.2. The van der Waals surface area contributed by atoms with E-state index in [9.17, 15) is 0 Å². The molecule has 0 atom stereocenters. The maximum Gasteiger partial charge on any atom is 0.191 e. The van der Waals surface area contributed by atoms with Crippen LogP contribution in [0.2, 0.25) is 0 Å². The van der Waals surface area contributed by atoms with E-state index in [1.54, 1.807) is 30.6 Å². The summed E-state index contributed by atoms with van der Waals surface area (Å²) >= 11 is 3.44. The number of rotatable bonds is 6. The van der Waals surface area contributed by atoms with Gasteiger partial charge in [0.2, 0.25) is 0 Å². The minimum Gasteiger partial charge on any atom is -0.496 e. The van der Waals surface area contributed by atoms with Crippen molar-refractivity contribution in [3.8, 4) is 5.75 Å². The van der Waals surface area contributed by atoms with Gasteiger partial charge in [0.1, 0.15) is 12.1 Å². The first-order valence-corrected chi connectivity index (χ1v) is 8.76. The van der Waals surface area contributed by atoms with Gasteiger partial charge in [-0.15, -0.1) is 22.0 Å². The zero-order chi connectivity index (χ0) is 13.9. The van der Waals surface area contributed by atoms with Crippen LogP contribution in [0.15, 0.2) is 34.6 Å². The number of hydrogen-bond acceptors (Lipinski definition) is 5. The van der Waals surface area contributed by atoms with Crippen LogP contribution in [0.4, 0.5) is 0 Å². The second-order valence-electron chi connectivity index (χ2n) is 4.73. The minimum absolute atomic E-state index is 0.626. The van der Waals surface area contributed by atoms with Crippen molar-refractivity contribution in [2.75, 3.05) is 13.4 Å². The molecule has 0 N–H and O–H groups in total. The third kappa shape index (κ3) is 2.96. The lowest BCUT2D eigenvalue weighted by Crippen LogP contribution is -1.95. The maximum absolute atomic E-state index is 5.42. The van der Waals surface area contributed by atoms with Crippen molar-refractivity contribution in [1.29, 1.82) is 0 Å². The lowest BCUT2D eigenvalue weighted by molar-refractivity contribution is 0.404. The third-order valence-electron chi connectivity index (χ3n) is 3.30. The number of hydrogen-bond donors (Lipinski definition) is 0. The molecular weight excluding hydrogens is 290 g/mol. The fourth-order valence-electron chi connectivity index (χ4n) is 2.06. The van der Waals surface area contributed by atoms with Crippen LogP contribution in [0.25, 0.3) is 0 Å². The average Bonchev–Trinajstić information content (AvgIpc) is 3.23. The molecule has 4 nitrogen and oxygen atoms in total. The molecule has 1 aliphatic carbocycles. The Hall–Kier alpha value is -1.14. The minimum atomic E-state index is 0.626. The first-order valence-electron chi connectivity index (χ1n) is 6.55. The molecule has 0 bridgehead atoms. The van der Waals surface area contributed by atoms with Crippen molar-refractivity contribution >= 4 is 23.5 Å². The van der Waals surface area contributed by atoms with Gasteiger partial charge >= 0.3 is 0 Å². The number of methoxy groups -OCH3 is 1. The number of benzene rings is 1. The van der Waals surface area contributed by atoms with Gasteiger partial charge in [0.25, 0.3) is 0 Å². The molecule has 0 spiro atoms. The van der Waals surface area contributed by atoms with Gasteiger partial charge in [-0.05, 0) is 36.8 Å². The Morgan fingerprint density at radius 3 is 2.95 bits per heavy atom. The van der Waals surface area contributed by atoms with Crippen molar-refractivity contribution in [3.05, 3.63) is 30.1 Å². The van der Waals surface area contributed by atoms with E-state index >= 15 is 0 Å². The van der Waals surface area contributed by atoms with E-state index < -0.39 is 0 Å². The van der Waals surface area contributed by atoms with Crippen LogP contribution in [-0.2, 0) is 5.75 Å². The Morgan fingerprint density at radius 1 is 1.40 bits per heavy atom. The molecule has 6 heteroatoms. The topological polar surface area (TPSA) is 39.9 Å². The zero-order valence-corrected chi connectivity index (χ0v) is 13.2. The zero-order valence-electron chi connectivity index (χ0n) is 11.6. The van der Waals surface area contributed by atoms with E-state index in [1.165, 1.54) is 23.3 Å². The van der Waals surface area contributed by atoms with Crippen LogP contribution < -0.4 is 4.74 Å². The summed E-state index contributed by atoms with van der Waals surface area (Å²) in [7, 11) is 1.72. The van der Waals surface area contributed by atoms with Crippen molar-refractivity contribution in [1.82, 2.24) is 14.8 Å². The fourth-order valence-corrected chi connectivity index (χ4v) is 3.53. The number of ether oxygens (including phenoxy) is 1. The molecule has 0 saturated heterocycles. The molecular formula is C14H17N3OS2. The molecule has 1 aromatic heterocycles. The highest BCUT2D eigenvalue weighted by atomic mass is 32.2. The molecule has 1 saturated carbocycles. The Morgan fingerprint density at radius 2 is 2.25 bits per heavy atom. The van der Waals surface area contributed by atoms with Crippen LogP contribution in [0.1, 0.15) is 24.4 Å². The molecule has 1 fully saturated rings. The van der Waals surface area contributed by atoms with Crippen molar-refractivity contribution in [2.24, 2.45) is 0 Å². The first-order chi connectivity index (χ1) is 9.81. The normalized spacial score (nSPS) is 14.5. The molecule has 0 amide bonds. The predicted octanol–water partition coefficient (Wildman–Crippen LogP) is 3.64.